The highest BCUT2D eigenvalue weighted by atomic mass is 35.5. The average Bonchev–Trinajstić information content (AvgIpc) is 3.15. The molecule has 0 atom stereocenters. The van der Waals surface area contributed by atoms with Crippen molar-refractivity contribution in [1.82, 2.24) is 20.5 Å². The molecule has 0 spiro atoms. The number of halogens is 5. The van der Waals surface area contributed by atoms with Gasteiger partial charge in [0.1, 0.15) is 10.8 Å². The Morgan fingerprint density at radius 3 is 2.59 bits per heavy atom. The quantitative estimate of drug-likeness (QED) is 0.325. The number of aromatic nitrogens is 3. The fourth-order valence-corrected chi connectivity index (χ4v) is 3.44. The van der Waals surface area contributed by atoms with Gasteiger partial charge in [0.05, 0.1) is 28.0 Å². The van der Waals surface area contributed by atoms with Crippen molar-refractivity contribution < 1.29 is 22.4 Å². The third kappa shape index (κ3) is 5.27. The van der Waals surface area contributed by atoms with Gasteiger partial charge >= 0.3 is 6.18 Å². The fraction of sp³-hybridized carbons (Fsp3) is 0.167. The van der Waals surface area contributed by atoms with Gasteiger partial charge in [-0.2, -0.15) is 18.3 Å². The molecule has 2 aromatic heterocycles. The van der Waals surface area contributed by atoms with Gasteiger partial charge in [0.2, 0.25) is 0 Å². The number of carbonyl (C=O) groups excluding carboxylic acids is 1. The third-order valence-electron chi connectivity index (χ3n) is 3.78. The maximum Gasteiger partial charge on any atom is 0.417 e. The van der Waals surface area contributed by atoms with Gasteiger partial charge in [-0.25, -0.2) is 9.37 Å². The second-order valence-electron chi connectivity index (χ2n) is 5.78. The summed E-state index contributed by atoms with van der Waals surface area (Å²) in [7, 11) is 0. The van der Waals surface area contributed by atoms with Crippen LogP contribution in [0.5, 0.6) is 0 Å². The van der Waals surface area contributed by atoms with Crippen molar-refractivity contribution in [3.05, 3.63) is 64.7 Å². The minimum absolute atomic E-state index is 0.107. The molecule has 152 valence electrons. The van der Waals surface area contributed by atoms with E-state index in [1.165, 1.54) is 30.5 Å². The van der Waals surface area contributed by atoms with Gasteiger partial charge < -0.3 is 5.32 Å². The zero-order valence-electron chi connectivity index (χ0n) is 14.6. The number of aromatic amines is 1. The van der Waals surface area contributed by atoms with Crippen LogP contribution >= 0.6 is 23.4 Å². The van der Waals surface area contributed by atoms with Crippen LogP contribution in [0.1, 0.15) is 15.9 Å². The number of benzene rings is 1. The molecule has 0 aliphatic carbocycles. The molecule has 11 heteroatoms. The van der Waals surface area contributed by atoms with E-state index in [1.54, 1.807) is 0 Å². The summed E-state index contributed by atoms with van der Waals surface area (Å²) in [6.07, 6.45) is -2.44. The van der Waals surface area contributed by atoms with E-state index in [4.69, 9.17) is 11.6 Å². The number of hydrogen-bond donors (Lipinski definition) is 2. The number of pyridine rings is 1. The van der Waals surface area contributed by atoms with Crippen molar-refractivity contribution in [3.63, 3.8) is 0 Å². The van der Waals surface area contributed by atoms with Crippen LogP contribution in [0, 0.1) is 5.82 Å². The van der Waals surface area contributed by atoms with Crippen LogP contribution < -0.4 is 5.32 Å². The zero-order valence-corrected chi connectivity index (χ0v) is 16.1. The Hall–Kier alpha value is -2.59. The zero-order chi connectivity index (χ0) is 21.0. The Bertz CT molecular complexity index is 1010. The van der Waals surface area contributed by atoms with E-state index in [9.17, 15) is 22.4 Å². The first-order valence-electron chi connectivity index (χ1n) is 8.19. The molecule has 2 heterocycles. The molecule has 0 bridgehead atoms. The smallest absolute Gasteiger partial charge is 0.351 e. The van der Waals surface area contributed by atoms with Crippen molar-refractivity contribution in [2.75, 3.05) is 12.3 Å². The second-order valence-corrected chi connectivity index (χ2v) is 7.27. The van der Waals surface area contributed by atoms with Crippen molar-refractivity contribution >= 4 is 29.3 Å². The summed E-state index contributed by atoms with van der Waals surface area (Å²) in [6.45, 7) is 0.219. The molecule has 3 rings (SSSR count). The van der Waals surface area contributed by atoms with E-state index in [0.717, 1.165) is 17.8 Å². The molecule has 0 saturated heterocycles. The maximum absolute atomic E-state index is 13.1. The second kappa shape index (κ2) is 8.83. The molecule has 0 unspecified atom stereocenters. The Morgan fingerprint density at radius 2 is 1.93 bits per heavy atom. The van der Waals surface area contributed by atoms with E-state index >= 15 is 0 Å². The van der Waals surface area contributed by atoms with Gasteiger partial charge in [-0.05, 0) is 30.3 Å². The summed E-state index contributed by atoms with van der Waals surface area (Å²) in [5, 5.41) is 9.38. The first kappa shape index (κ1) is 21.1. The topological polar surface area (TPSA) is 70.7 Å². The summed E-state index contributed by atoms with van der Waals surface area (Å²) in [5.74, 6) is -0.454. The van der Waals surface area contributed by atoms with E-state index in [2.05, 4.69) is 20.5 Å². The number of thioether (sulfide) groups is 1. The summed E-state index contributed by atoms with van der Waals surface area (Å²) in [5.41, 5.74) is 0.410. The lowest BCUT2D eigenvalue weighted by Gasteiger charge is -2.09. The van der Waals surface area contributed by atoms with Crippen LogP contribution in [-0.4, -0.2) is 33.4 Å². The molecule has 2 N–H and O–H groups in total. The Labute approximate surface area is 171 Å². The van der Waals surface area contributed by atoms with Crippen LogP contribution in [0.2, 0.25) is 5.02 Å². The average molecular weight is 445 g/mol. The number of rotatable bonds is 6. The lowest BCUT2D eigenvalue weighted by atomic mass is 10.1. The van der Waals surface area contributed by atoms with Crippen LogP contribution in [0.15, 0.2) is 47.8 Å². The largest absolute Gasteiger partial charge is 0.417 e. The Kier molecular flexibility index (Phi) is 6.43. The first-order valence-corrected chi connectivity index (χ1v) is 9.55. The van der Waals surface area contributed by atoms with Crippen LogP contribution in [0.3, 0.4) is 0 Å². The predicted molar refractivity (Wildman–Crippen MR) is 101 cm³/mol. The van der Waals surface area contributed by atoms with E-state index in [-0.39, 0.29) is 22.2 Å². The number of carbonyl (C=O) groups is 1. The lowest BCUT2D eigenvalue weighted by molar-refractivity contribution is -0.137. The van der Waals surface area contributed by atoms with Crippen molar-refractivity contribution in [3.8, 4) is 11.3 Å². The highest BCUT2D eigenvalue weighted by Gasteiger charge is 2.31. The number of amides is 1. The molecule has 5 nitrogen and oxygen atoms in total. The minimum atomic E-state index is -4.51. The fourth-order valence-electron chi connectivity index (χ4n) is 2.39. The molecule has 1 aromatic carbocycles. The summed E-state index contributed by atoms with van der Waals surface area (Å²) < 4.78 is 50.9. The third-order valence-corrected chi connectivity index (χ3v) is 5.19. The highest BCUT2D eigenvalue weighted by molar-refractivity contribution is 7.99. The lowest BCUT2D eigenvalue weighted by Crippen LogP contribution is -2.25. The normalized spacial score (nSPS) is 11.5. The number of alkyl halides is 3. The van der Waals surface area contributed by atoms with Gasteiger partial charge in [-0.1, -0.05) is 11.6 Å². The van der Waals surface area contributed by atoms with Gasteiger partial charge in [0.15, 0.2) is 0 Å². The van der Waals surface area contributed by atoms with Gasteiger partial charge in [-0.3, -0.25) is 9.89 Å². The van der Waals surface area contributed by atoms with Gasteiger partial charge in [0, 0.05) is 24.1 Å². The number of H-pyrrole nitrogens is 1. The van der Waals surface area contributed by atoms with E-state index < -0.39 is 23.5 Å². The van der Waals surface area contributed by atoms with Gasteiger partial charge in [-0.15, -0.1) is 11.8 Å². The monoisotopic (exact) mass is 444 g/mol. The minimum Gasteiger partial charge on any atom is -0.351 e. The number of nitrogens with zero attached hydrogens (tertiary/aromatic N) is 2. The molecule has 0 aliphatic heterocycles. The number of nitrogens with one attached hydrogen (secondary N) is 2. The Morgan fingerprint density at radius 1 is 1.21 bits per heavy atom. The summed E-state index contributed by atoms with van der Waals surface area (Å²) >= 11 is 6.97. The van der Waals surface area contributed by atoms with Crippen molar-refractivity contribution in [1.29, 1.82) is 0 Å². The maximum atomic E-state index is 13.1. The summed E-state index contributed by atoms with van der Waals surface area (Å²) in [6, 6.07) is 6.40. The standard InChI is InChI=1S/C18H13ClF4N4OS/c19-14-7-11(18(21,22)23)8-25-17(14)29-6-5-24-16(28)13-9-26-27-15(13)10-1-3-12(20)4-2-10/h1-4,7-9H,5-6H2,(H,24,28)(H,26,27). The first-order chi connectivity index (χ1) is 13.8. The van der Waals surface area contributed by atoms with E-state index in [0.29, 0.717) is 23.2 Å². The molecule has 29 heavy (non-hydrogen) atoms. The highest BCUT2D eigenvalue weighted by Crippen LogP contribution is 2.33. The predicted octanol–water partition coefficient (Wildman–Crippen LogP) is 4.81. The van der Waals surface area contributed by atoms with E-state index in [1.807, 2.05) is 0 Å². The molecular formula is C18H13ClF4N4OS. The molecule has 1 amide bonds. The van der Waals surface area contributed by atoms with Gasteiger partial charge in [0.25, 0.3) is 5.91 Å². The van der Waals surface area contributed by atoms with Crippen LogP contribution in [-0.2, 0) is 6.18 Å². The molecule has 0 fully saturated rings. The molecule has 0 aliphatic rings. The molecule has 0 radical (unpaired) electrons. The van der Waals surface area contributed by atoms with Crippen LogP contribution in [0.25, 0.3) is 11.3 Å². The molecule has 0 saturated carbocycles. The molecule has 3 aromatic rings. The van der Waals surface area contributed by atoms with Crippen molar-refractivity contribution in [2.45, 2.75) is 11.2 Å². The summed E-state index contributed by atoms with van der Waals surface area (Å²) in [4.78, 5) is 16.1. The van der Waals surface area contributed by atoms with Crippen LogP contribution in [0.4, 0.5) is 17.6 Å². The SMILES string of the molecule is O=C(NCCSc1ncc(C(F)(F)F)cc1Cl)c1cn[nH]c1-c1ccc(F)cc1. The number of hydrogen-bond acceptors (Lipinski definition) is 4. The molecular weight excluding hydrogens is 432 g/mol. The van der Waals surface area contributed by atoms with Crippen molar-refractivity contribution in [2.24, 2.45) is 0 Å². The Balaban J connectivity index is 1.56.